The van der Waals surface area contributed by atoms with E-state index in [0.717, 1.165) is 0 Å². The predicted octanol–water partition coefficient (Wildman–Crippen LogP) is -0.470. The summed E-state index contributed by atoms with van der Waals surface area (Å²) < 4.78 is 1.39. The maximum Gasteiger partial charge on any atom is 0.236 e. The second-order valence-electron chi connectivity index (χ2n) is 1.38. The van der Waals surface area contributed by atoms with Crippen molar-refractivity contribution in [2.24, 2.45) is 0 Å². The third-order valence-corrected chi connectivity index (χ3v) is 1.00. The molecule has 1 heterocycles. The second kappa shape index (κ2) is 1.68. The number of rotatable bonds is 0. The summed E-state index contributed by atoms with van der Waals surface area (Å²) in [5.74, 6) is -0.00463. The molecule has 0 saturated carbocycles. The molecule has 4 heteroatoms. The van der Waals surface area contributed by atoms with Gasteiger partial charge < -0.3 is 5.32 Å². The molecule has 1 rings (SSSR count). The van der Waals surface area contributed by atoms with Crippen LogP contribution in [0.2, 0.25) is 0 Å². The lowest BCUT2D eigenvalue weighted by Crippen LogP contribution is -2.14. The normalized spacial score (nSPS) is 22.7. The van der Waals surface area contributed by atoms with Crippen molar-refractivity contribution in [3.8, 4) is 0 Å². The molecule has 1 aliphatic heterocycles. The molecule has 1 N–H and O–H groups in total. The number of carbonyl (C=O) groups is 1. The maximum absolute atomic E-state index is 10.2. The molecular weight excluding hydrogens is 115 g/mol. The molecule has 0 unspecified atom stereocenters. The molecule has 1 saturated heterocycles. The van der Waals surface area contributed by atoms with Gasteiger partial charge in [0, 0.05) is 0 Å². The topological polar surface area (TPSA) is 32.3 Å². The van der Waals surface area contributed by atoms with Crippen LogP contribution >= 0.6 is 11.8 Å². The van der Waals surface area contributed by atoms with Crippen molar-refractivity contribution < 1.29 is 4.79 Å². The number of halogens is 1. The van der Waals surface area contributed by atoms with Crippen molar-refractivity contribution in [2.75, 3.05) is 13.2 Å². The SMILES string of the molecule is O=C1CN(Cl)CN1. The van der Waals surface area contributed by atoms with Crippen LogP contribution in [0.15, 0.2) is 0 Å². The molecule has 1 amide bonds. The molecule has 0 aromatic carbocycles. The fourth-order valence-electron chi connectivity index (χ4n) is 0.442. The zero-order chi connectivity index (χ0) is 5.28. The summed E-state index contributed by atoms with van der Waals surface area (Å²) in [6, 6.07) is 0. The summed E-state index contributed by atoms with van der Waals surface area (Å²) in [7, 11) is 0. The number of hydrogen-bond donors (Lipinski definition) is 1. The average Bonchev–Trinajstić information content (AvgIpc) is 1.87. The number of nitrogens with one attached hydrogen (secondary N) is 1. The quantitative estimate of drug-likeness (QED) is 0.439. The second-order valence-corrected chi connectivity index (χ2v) is 1.86. The van der Waals surface area contributed by atoms with Crippen LogP contribution in [0.3, 0.4) is 0 Å². The van der Waals surface area contributed by atoms with Gasteiger partial charge in [-0.15, -0.1) is 0 Å². The summed E-state index contributed by atoms with van der Waals surface area (Å²) in [6.07, 6.45) is 0. The Morgan fingerprint density at radius 2 is 2.57 bits per heavy atom. The van der Waals surface area contributed by atoms with Gasteiger partial charge in [0.05, 0.1) is 13.2 Å². The molecule has 0 aromatic heterocycles. The maximum atomic E-state index is 10.2. The highest BCUT2D eigenvalue weighted by Crippen LogP contribution is 1.95. The minimum atomic E-state index is -0.00463. The highest BCUT2D eigenvalue weighted by molar-refractivity contribution is 6.15. The van der Waals surface area contributed by atoms with Gasteiger partial charge in [-0.1, -0.05) is 0 Å². The van der Waals surface area contributed by atoms with E-state index in [-0.39, 0.29) is 5.91 Å². The lowest BCUT2D eigenvalue weighted by Gasteiger charge is -1.93. The lowest BCUT2D eigenvalue weighted by atomic mass is 10.7. The third-order valence-electron chi connectivity index (χ3n) is 0.763. The van der Waals surface area contributed by atoms with Gasteiger partial charge in [0.1, 0.15) is 0 Å². The van der Waals surface area contributed by atoms with E-state index in [9.17, 15) is 4.79 Å². The Bertz CT molecular complexity index is 94.9. The first-order valence-corrected chi connectivity index (χ1v) is 2.30. The molecule has 3 nitrogen and oxygen atoms in total. The Kier molecular flexibility index (Phi) is 1.17. The van der Waals surface area contributed by atoms with Crippen LogP contribution in [-0.4, -0.2) is 23.5 Å². The van der Waals surface area contributed by atoms with Crippen molar-refractivity contribution >= 4 is 17.7 Å². The van der Waals surface area contributed by atoms with Crippen LogP contribution in [0.25, 0.3) is 0 Å². The Hall–Kier alpha value is -0.280. The Morgan fingerprint density at radius 1 is 1.86 bits per heavy atom. The van der Waals surface area contributed by atoms with Crippen molar-refractivity contribution in [1.29, 1.82) is 0 Å². The van der Waals surface area contributed by atoms with Crippen molar-refractivity contribution in [1.82, 2.24) is 9.74 Å². The van der Waals surface area contributed by atoms with Crippen molar-refractivity contribution in [2.45, 2.75) is 0 Å². The zero-order valence-electron chi connectivity index (χ0n) is 3.65. The first kappa shape index (κ1) is 4.87. The van der Waals surface area contributed by atoms with E-state index in [1.165, 1.54) is 4.42 Å². The van der Waals surface area contributed by atoms with Gasteiger partial charge in [-0.2, -0.15) is 4.42 Å². The van der Waals surface area contributed by atoms with Crippen LogP contribution in [0.1, 0.15) is 0 Å². The first-order chi connectivity index (χ1) is 3.29. The fraction of sp³-hybridized carbons (Fsp3) is 0.667. The molecule has 7 heavy (non-hydrogen) atoms. The van der Waals surface area contributed by atoms with Gasteiger partial charge >= 0.3 is 0 Å². The number of carbonyl (C=O) groups excluding carboxylic acids is 1. The average molecular weight is 121 g/mol. The summed E-state index contributed by atoms with van der Waals surface area (Å²) in [4.78, 5) is 10.2. The van der Waals surface area contributed by atoms with E-state index < -0.39 is 0 Å². The molecule has 0 bridgehead atoms. The van der Waals surface area contributed by atoms with Crippen LogP contribution in [0, 0.1) is 0 Å². The van der Waals surface area contributed by atoms with Crippen molar-refractivity contribution in [3.05, 3.63) is 0 Å². The standard InChI is InChI=1S/C3H5ClN2O/c4-6-1-3(7)5-2-6/h1-2H2,(H,5,7). The minimum Gasteiger partial charge on any atom is -0.341 e. The highest BCUT2D eigenvalue weighted by Gasteiger charge is 2.14. The molecule has 0 aliphatic carbocycles. The molecule has 0 atom stereocenters. The molecule has 0 radical (unpaired) electrons. The largest absolute Gasteiger partial charge is 0.341 e. The van der Waals surface area contributed by atoms with Gasteiger partial charge in [-0.25, -0.2) is 0 Å². The monoisotopic (exact) mass is 120 g/mol. The van der Waals surface area contributed by atoms with E-state index in [0.29, 0.717) is 13.2 Å². The van der Waals surface area contributed by atoms with E-state index in [2.05, 4.69) is 5.32 Å². The number of nitrogens with zero attached hydrogens (tertiary/aromatic N) is 1. The Balaban J connectivity index is 2.40. The van der Waals surface area contributed by atoms with E-state index >= 15 is 0 Å². The summed E-state index contributed by atoms with van der Waals surface area (Å²) in [5.41, 5.74) is 0. The number of hydrogen-bond acceptors (Lipinski definition) is 2. The molecule has 0 spiro atoms. The van der Waals surface area contributed by atoms with Gasteiger partial charge in [0.25, 0.3) is 0 Å². The zero-order valence-corrected chi connectivity index (χ0v) is 4.40. The molecule has 40 valence electrons. The Labute approximate surface area is 46.3 Å². The highest BCUT2D eigenvalue weighted by atomic mass is 35.5. The van der Waals surface area contributed by atoms with Crippen LogP contribution < -0.4 is 5.32 Å². The minimum absolute atomic E-state index is 0.00463. The van der Waals surface area contributed by atoms with E-state index in [1.54, 1.807) is 0 Å². The van der Waals surface area contributed by atoms with Gasteiger partial charge in [0.15, 0.2) is 0 Å². The third kappa shape index (κ3) is 1.04. The van der Waals surface area contributed by atoms with Gasteiger partial charge in [0.2, 0.25) is 5.91 Å². The van der Waals surface area contributed by atoms with E-state index in [1.807, 2.05) is 0 Å². The molecule has 0 aromatic rings. The lowest BCUT2D eigenvalue weighted by molar-refractivity contribution is -0.118. The first-order valence-electron chi connectivity index (χ1n) is 1.96. The smallest absolute Gasteiger partial charge is 0.236 e. The molecule has 1 aliphatic rings. The van der Waals surface area contributed by atoms with Crippen LogP contribution in [-0.2, 0) is 4.79 Å². The summed E-state index contributed by atoms with van der Waals surface area (Å²) >= 11 is 5.36. The van der Waals surface area contributed by atoms with Gasteiger partial charge in [-0.05, 0) is 11.8 Å². The molecule has 1 fully saturated rings. The fourth-order valence-corrected chi connectivity index (χ4v) is 0.610. The number of amides is 1. The summed E-state index contributed by atoms with van der Waals surface area (Å²) in [5, 5.41) is 2.52. The van der Waals surface area contributed by atoms with Crippen LogP contribution in [0.5, 0.6) is 0 Å². The predicted molar refractivity (Wildman–Crippen MR) is 25.6 cm³/mol. The molecular formula is C3H5ClN2O. The van der Waals surface area contributed by atoms with Crippen molar-refractivity contribution in [3.63, 3.8) is 0 Å². The summed E-state index contributed by atoms with van der Waals surface area (Å²) in [6.45, 7) is 0.794. The van der Waals surface area contributed by atoms with E-state index in [4.69, 9.17) is 11.8 Å². The van der Waals surface area contributed by atoms with Gasteiger partial charge in [-0.3, -0.25) is 4.79 Å². The van der Waals surface area contributed by atoms with Crippen LogP contribution in [0.4, 0.5) is 0 Å². The Morgan fingerprint density at radius 3 is 2.71 bits per heavy atom.